The second-order valence-electron chi connectivity index (χ2n) is 9.90. The summed E-state index contributed by atoms with van der Waals surface area (Å²) in [5.41, 5.74) is 4.98. The second-order valence-corrected chi connectivity index (χ2v) is 9.90. The Labute approximate surface area is 214 Å². The molecule has 2 aromatic heterocycles. The summed E-state index contributed by atoms with van der Waals surface area (Å²) in [4.78, 5) is 17.9. The van der Waals surface area contributed by atoms with E-state index in [2.05, 4.69) is 10.3 Å². The van der Waals surface area contributed by atoms with Crippen molar-refractivity contribution in [1.29, 1.82) is 5.41 Å². The summed E-state index contributed by atoms with van der Waals surface area (Å²) in [5.74, 6) is -0.624. The van der Waals surface area contributed by atoms with Crippen molar-refractivity contribution in [3.8, 4) is 11.3 Å². The van der Waals surface area contributed by atoms with Crippen LogP contribution in [0.3, 0.4) is 0 Å². The van der Waals surface area contributed by atoms with Crippen molar-refractivity contribution in [2.75, 3.05) is 0 Å². The number of nitrogens with one attached hydrogen (secondary N) is 2. The van der Waals surface area contributed by atoms with E-state index in [1.807, 2.05) is 18.3 Å². The number of pyridine rings is 1. The Hall–Kier alpha value is -4.07. The molecule has 0 aliphatic heterocycles. The molecule has 1 unspecified atom stereocenters. The Kier molecular flexibility index (Phi) is 6.50. The fourth-order valence-electron chi connectivity index (χ4n) is 4.73. The Morgan fingerprint density at radius 2 is 1.89 bits per heavy atom. The molecule has 1 fully saturated rings. The molecule has 5 rings (SSSR count). The minimum Gasteiger partial charge on any atom is -0.345 e. The molecule has 2 aromatic carbocycles. The van der Waals surface area contributed by atoms with Gasteiger partial charge in [-0.15, -0.1) is 0 Å². The summed E-state index contributed by atoms with van der Waals surface area (Å²) in [6.45, 7) is 3.89. The van der Waals surface area contributed by atoms with Crippen molar-refractivity contribution in [3.63, 3.8) is 0 Å². The third kappa shape index (κ3) is 5.23. The maximum absolute atomic E-state index is 13.9. The number of carbonyl (C=O) groups is 1. The first-order chi connectivity index (χ1) is 17.7. The molecule has 0 saturated heterocycles. The first-order valence-electron chi connectivity index (χ1n) is 12.3. The van der Waals surface area contributed by atoms with Gasteiger partial charge in [-0.3, -0.25) is 15.2 Å². The zero-order valence-electron chi connectivity index (χ0n) is 21.1. The smallest absolute Gasteiger partial charge is 0.251 e. The van der Waals surface area contributed by atoms with Crippen LogP contribution >= 0.6 is 0 Å². The number of imidazole rings is 1. The van der Waals surface area contributed by atoms with Gasteiger partial charge in [0.25, 0.3) is 5.91 Å². The normalized spacial score (nSPS) is 14.0. The average molecular weight is 502 g/mol. The zero-order chi connectivity index (χ0) is 26.3. The lowest BCUT2D eigenvalue weighted by Gasteiger charge is -2.20. The third-order valence-corrected chi connectivity index (χ3v) is 6.92. The van der Waals surface area contributed by atoms with Crippen LogP contribution in [0.2, 0.25) is 0 Å². The van der Waals surface area contributed by atoms with E-state index < -0.39 is 5.82 Å². The maximum atomic E-state index is 13.9. The van der Waals surface area contributed by atoms with Gasteiger partial charge in [0.1, 0.15) is 11.6 Å². The SMILES string of the molecule is Cc1cc(C(NC(=O)c2cc(Cn3ccn(C)c3=N)cc(-c3ncc(F)cc3C)c2)C2CC2)ccc1F. The van der Waals surface area contributed by atoms with E-state index in [-0.39, 0.29) is 17.8 Å². The standard InChI is InChI=1S/C29H29F2N5O/c1-17-10-21(6-7-25(17)31)27(20-4-5-20)34-28(37)23-13-19(16-36-9-8-35(3)29(36)32)12-22(14-23)26-18(2)11-24(30)15-33-26/h6-15,20,27,32H,4-5,16H2,1-3H3,(H,34,37). The number of carbonyl (C=O) groups excluding carboxylic acids is 1. The highest BCUT2D eigenvalue weighted by atomic mass is 19.1. The number of amides is 1. The summed E-state index contributed by atoms with van der Waals surface area (Å²) >= 11 is 0. The fourth-order valence-corrected chi connectivity index (χ4v) is 4.73. The van der Waals surface area contributed by atoms with Gasteiger partial charge in [-0.05, 0) is 85.2 Å². The molecule has 190 valence electrons. The van der Waals surface area contributed by atoms with Gasteiger partial charge >= 0.3 is 0 Å². The van der Waals surface area contributed by atoms with Gasteiger partial charge in [-0.1, -0.05) is 12.1 Å². The summed E-state index contributed by atoms with van der Waals surface area (Å²) in [6.07, 6.45) is 6.79. The van der Waals surface area contributed by atoms with Crippen molar-refractivity contribution in [2.24, 2.45) is 13.0 Å². The molecule has 2 N–H and O–H groups in total. The van der Waals surface area contributed by atoms with Gasteiger partial charge < -0.3 is 14.5 Å². The number of halogens is 2. The predicted molar refractivity (Wildman–Crippen MR) is 137 cm³/mol. The quantitative estimate of drug-likeness (QED) is 0.366. The van der Waals surface area contributed by atoms with Crippen molar-refractivity contribution in [3.05, 3.63) is 106 Å². The van der Waals surface area contributed by atoms with Crippen molar-refractivity contribution in [2.45, 2.75) is 39.3 Å². The van der Waals surface area contributed by atoms with Gasteiger partial charge in [0.05, 0.1) is 24.5 Å². The van der Waals surface area contributed by atoms with Crippen LogP contribution in [-0.2, 0) is 13.6 Å². The molecule has 1 aliphatic carbocycles. The molecule has 1 aliphatic rings. The van der Waals surface area contributed by atoms with E-state index in [1.165, 1.54) is 18.3 Å². The maximum Gasteiger partial charge on any atom is 0.251 e. The number of aromatic nitrogens is 3. The minimum absolute atomic E-state index is 0.215. The predicted octanol–water partition coefficient (Wildman–Crippen LogP) is 5.19. The number of benzene rings is 2. The largest absolute Gasteiger partial charge is 0.345 e. The van der Waals surface area contributed by atoms with E-state index in [4.69, 9.17) is 5.41 Å². The molecule has 0 bridgehead atoms. The molecule has 37 heavy (non-hydrogen) atoms. The molecular formula is C29H29F2N5O. The van der Waals surface area contributed by atoms with Crippen LogP contribution < -0.4 is 10.9 Å². The average Bonchev–Trinajstić information content (AvgIpc) is 3.66. The van der Waals surface area contributed by atoms with Crippen molar-refractivity contribution in [1.82, 2.24) is 19.4 Å². The van der Waals surface area contributed by atoms with Crippen LogP contribution in [0.1, 0.15) is 51.5 Å². The number of hydrogen-bond acceptors (Lipinski definition) is 3. The van der Waals surface area contributed by atoms with E-state index in [0.717, 1.165) is 24.0 Å². The van der Waals surface area contributed by atoms with Gasteiger partial charge in [0.2, 0.25) is 5.62 Å². The van der Waals surface area contributed by atoms with Crippen LogP contribution in [0, 0.1) is 36.8 Å². The Balaban J connectivity index is 1.52. The van der Waals surface area contributed by atoms with Gasteiger partial charge in [0, 0.05) is 30.6 Å². The molecule has 1 amide bonds. The zero-order valence-corrected chi connectivity index (χ0v) is 21.1. The van der Waals surface area contributed by atoms with Gasteiger partial charge in [-0.25, -0.2) is 8.78 Å². The minimum atomic E-state index is -0.420. The summed E-state index contributed by atoms with van der Waals surface area (Å²) < 4.78 is 31.1. The van der Waals surface area contributed by atoms with E-state index >= 15 is 0 Å². The Bertz CT molecular complexity index is 1550. The van der Waals surface area contributed by atoms with Crippen molar-refractivity contribution >= 4 is 5.91 Å². The van der Waals surface area contributed by atoms with E-state index in [0.29, 0.717) is 46.0 Å². The number of hydrogen-bond donors (Lipinski definition) is 2. The Morgan fingerprint density at radius 3 is 2.54 bits per heavy atom. The Morgan fingerprint density at radius 1 is 1.11 bits per heavy atom. The highest BCUT2D eigenvalue weighted by Crippen LogP contribution is 2.41. The summed E-state index contributed by atoms with van der Waals surface area (Å²) in [6, 6.07) is 11.7. The highest BCUT2D eigenvalue weighted by molar-refractivity contribution is 5.96. The number of aryl methyl sites for hydroxylation is 3. The monoisotopic (exact) mass is 501 g/mol. The molecule has 1 atom stereocenters. The van der Waals surface area contributed by atoms with Crippen LogP contribution in [0.4, 0.5) is 8.78 Å². The van der Waals surface area contributed by atoms with Crippen molar-refractivity contribution < 1.29 is 13.6 Å². The molecule has 4 aromatic rings. The third-order valence-electron chi connectivity index (χ3n) is 6.92. The van der Waals surface area contributed by atoms with E-state index in [1.54, 1.807) is 54.4 Å². The first kappa shape index (κ1) is 24.6. The molecule has 1 saturated carbocycles. The van der Waals surface area contributed by atoms with E-state index in [9.17, 15) is 13.6 Å². The van der Waals surface area contributed by atoms with Crippen LogP contribution in [0.5, 0.6) is 0 Å². The molecule has 2 heterocycles. The molecular weight excluding hydrogens is 472 g/mol. The lowest BCUT2D eigenvalue weighted by molar-refractivity contribution is 0.0931. The summed E-state index contributed by atoms with van der Waals surface area (Å²) in [7, 11) is 1.80. The van der Waals surface area contributed by atoms with Gasteiger partial charge in [-0.2, -0.15) is 0 Å². The molecule has 0 spiro atoms. The van der Waals surface area contributed by atoms with Crippen LogP contribution in [0.25, 0.3) is 11.3 Å². The lowest BCUT2D eigenvalue weighted by Crippen LogP contribution is -2.30. The number of nitrogens with zero attached hydrogens (tertiary/aromatic N) is 3. The second kappa shape index (κ2) is 9.76. The summed E-state index contributed by atoms with van der Waals surface area (Å²) in [5, 5.41) is 11.5. The molecule has 8 heteroatoms. The first-order valence-corrected chi connectivity index (χ1v) is 12.3. The van der Waals surface area contributed by atoms with Crippen LogP contribution in [-0.4, -0.2) is 20.0 Å². The van der Waals surface area contributed by atoms with Crippen LogP contribution in [0.15, 0.2) is 61.1 Å². The highest BCUT2D eigenvalue weighted by Gasteiger charge is 2.34. The fraction of sp³-hybridized carbons (Fsp3) is 0.276. The number of rotatable bonds is 7. The molecule has 6 nitrogen and oxygen atoms in total. The topological polar surface area (TPSA) is 75.7 Å². The van der Waals surface area contributed by atoms with Gasteiger partial charge in [0.15, 0.2) is 0 Å². The lowest BCUT2D eigenvalue weighted by atomic mass is 9.97. The molecule has 0 radical (unpaired) electrons.